The number of nitrogens with one attached hydrogen (secondary N) is 1. The number of hydrogen-bond acceptors (Lipinski definition) is 2. The van der Waals surface area contributed by atoms with E-state index in [1.807, 2.05) is 13.8 Å². The predicted octanol–water partition coefficient (Wildman–Crippen LogP) is 3.27. The van der Waals surface area contributed by atoms with Gasteiger partial charge in [0.2, 0.25) is 5.91 Å². The first-order chi connectivity index (χ1) is 6.62. The van der Waals surface area contributed by atoms with Crippen LogP contribution in [0.15, 0.2) is 0 Å². The molecule has 0 aliphatic rings. The number of amides is 1. The van der Waals surface area contributed by atoms with E-state index in [4.69, 9.17) is 0 Å². The van der Waals surface area contributed by atoms with Gasteiger partial charge < -0.3 is 5.32 Å². The van der Waals surface area contributed by atoms with Gasteiger partial charge in [-0.25, -0.2) is 0 Å². The van der Waals surface area contributed by atoms with Crippen LogP contribution in [0, 0.1) is 5.41 Å². The summed E-state index contributed by atoms with van der Waals surface area (Å²) in [5.74, 6) is 0.0324. The summed E-state index contributed by atoms with van der Waals surface area (Å²) >= 11 is 4.48. The summed E-state index contributed by atoms with van der Waals surface area (Å²) in [4.78, 5) is 10.7. The average Bonchev–Trinajstić information content (AvgIpc) is 2.01. The Bertz CT molecular complexity index is 183. The Labute approximate surface area is 101 Å². The molecule has 0 spiro atoms. The Hall–Kier alpha value is -0.180. The van der Waals surface area contributed by atoms with Crippen LogP contribution in [-0.4, -0.2) is 17.2 Å². The predicted molar refractivity (Wildman–Crippen MR) is 71.5 cm³/mol. The second-order valence-corrected chi connectivity index (χ2v) is 6.27. The molecule has 0 unspecified atom stereocenters. The molecule has 15 heavy (non-hydrogen) atoms. The lowest BCUT2D eigenvalue weighted by molar-refractivity contribution is -0.119. The summed E-state index contributed by atoms with van der Waals surface area (Å²) in [6.07, 6.45) is 0.976. The lowest BCUT2D eigenvalue weighted by Crippen LogP contribution is -2.36. The Morgan fingerprint density at radius 3 is 1.87 bits per heavy atom. The van der Waals surface area contributed by atoms with Gasteiger partial charge in [0.15, 0.2) is 0 Å². The average molecular weight is 233 g/mol. The summed E-state index contributed by atoms with van der Waals surface area (Å²) in [5.41, 5.74) is 0.108. The largest absolute Gasteiger partial charge is 0.356 e. The first-order valence-corrected chi connectivity index (χ1v) is 6.04. The lowest BCUT2D eigenvalue weighted by Gasteiger charge is -2.31. The molecule has 1 amide bonds. The van der Waals surface area contributed by atoms with Crippen LogP contribution >= 0.6 is 12.6 Å². The van der Waals surface area contributed by atoms with Gasteiger partial charge in [0.05, 0.1) is 0 Å². The minimum Gasteiger partial charge on any atom is -0.356 e. The lowest BCUT2D eigenvalue weighted by atomic mass is 9.83. The van der Waals surface area contributed by atoms with Gasteiger partial charge in [-0.15, -0.1) is 0 Å². The fourth-order valence-electron chi connectivity index (χ4n) is 1.60. The molecular weight excluding hydrogens is 206 g/mol. The minimum atomic E-state index is 0.0158. The number of carbonyl (C=O) groups is 1. The Morgan fingerprint density at radius 2 is 1.60 bits per heavy atom. The van der Waals surface area contributed by atoms with Gasteiger partial charge in [-0.3, -0.25) is 4.79 Å². The molecule has 92 valence electrons. The third-order valence-corrected chi connectivity index (χ3v) is 1.89. The van der Waals surface area contributed by atoms with E-state index < -0.39 is 0 Å². The highest BCUT2D eigenvalue weighted by molar-refractivity contribution is 7.81. The van der Waals surface area contributed by atoms with Crippen molar-refractivity contribution >= 4 is 18.5 Å². The molecule has 0 aromatic rings. The first-order valence-electron chi connectivity index (χ1n) is 5.59. The normalized spacial score (nSPS) is 11.5. The van der Waals surface area contributed by atoms with Crippen molar-refractivity contribution in [3.63, 3.8) is 0 Å². The van der Waals surface area contributed by atoms with Crippen LogP contribution in [0.5, 0.6) is 0 Å². The molecular formula is C12H27NOS. The zero-order valence-electron chi connectivity index (χ0n) is 11.3. The summed E-state index contributed by atoms with van der Waals surface area (Å²) in [5, 5.41) is 2.84. The zero-order valence-corrected chi connectivity index (χ0v) is 12.2. The van der Waals surface area contributed by atoms with Crippen molar-refractivity contribution in [3.05, 3.63) is 0 Å². The highest BCUT2D eigenvalue weighted by Gasteiger charge is 2.25. The molecule has 3 heteroatoms. The standard InChI is InChI=1S/C10H21NOS.C2H6/c1-8(12)11-7-9(2,3)6-10(4,5)13;1-2/h13H,6-7H2,1-5H3,(H,11,12);1-2H3. The van der Waals surface area contributed by atoms with Crippen LogP contribution in [0.3, 0.4) is 0 Å². The smallest absolute Gasteiger partial charge is 0.216 e. The Morgan fingerprint density at radius 1 is 1.20 bits per heavy atom. The monoisotopic (exact) mass is 233 g/mol. The SMILES string of the molecule is CC.CC(=O)NCC(C)(C)CC(C)(C)S. The molecule has 0 aromatic heterocycles. The third-order valence-electron chi connectivity index (χ3n) is 1.73. The van der Waals surface area contributed by atoms with E-state index in [-0.39, 0.29) is 16.1 Å². The molecule has 0 fully saturated rings. The highest BCUT2D eigenvalue weighted by atomic mass is 32.1. The summed E-state index contributed by atoms with van der Waals surface area (Å²) in [6.45, 7) is 14.7. The molecule has 1 N–H and O–H groups in total. The fourth-order valence-corrected chi connectivity index (χ4v) is 2.03. The van der Waals surface area contributed by atoms with Crippen LogP contribution < -0.4 is 5.32 Å². The summed E-state index contributed by atoms with van der Waals surface area (Å²) < 4.78 is 0.0158. The molecule has 0 radical (unpaired) electrons. The number of rotatable bonds is 4. The molecule has 0 saturated carbocycles. The van der Waals surface area contributed by atoms with Gasteiger partial charge in [-0.05, 0) is 11.8 Å². The van der Waals surface area contributed by atoms with Crippen molar-refractivity contribution < 1.29 is 4.79 Å². The van der Waals surface area contributed by atoms with Gasteiger partial charge >= 0.3 is 0 Å². The molecule has 0 rings (SSSR count). The zero-order chi connectivity index (χ0) is 12.7. The third kappa shape index (κ3) is 13.8. The molecule has 0 aliphatic heterocycles. The Kier molecular flexibility index (Phi) is 8.21. The van der Waals surface area contributed by atoms with E-state index in [9.17, 15) is 4.79 Å². The van der Waals surface area contributed by atoms with Gasteiger partial charge in [-0.2, -0.15) is 12.6 Å². The molecule has 0 aliphatic carbocycles. The van der Waals surface area contributed by atoms with Crippen LogP contribution in [0.2, 0.25) is 0 Å². The first kappa shape index (κ1) is 17.2. The number of hydrogen-bond donors (Lipinski definition) is 2. The highest BCUT2D eigenvalue weighted by Crippen LogP contribution is 2.30. The van der Waals surface area contributed by atoms with E-state index in [2.05, 4.69) is 45.6 Å². The van der Waals surface area contributed by atoms with Crippen LogP contribution in [0.25, 0.3) is 0 Å². The second kappa shape index (κ2) is 7.15. The van der Waals surface area contributed by atoms with Gasteiger partial charge in [-0.1, -0.05) is 41.5 Å². The molecule has 0 heterocycles. The molecule has 0 saturated heterocycles. The van der Waals surface area contributed by atoms with Gasteiger partial charge in [0, 0.05) is 18.2 Å². The van der Waals surface area contributed by atoms with Crippen LogP contribution in [0.4, 0.5) is 0 Å². The summed E-state index contributed by atoms with van der Waals surface area (Å²) in [6, 6.07) is 0. The maximum atomic E-state index is 10.7. The van der Waals surface area contributed by atoms with Crippen molar-refractivity contribution in [2.75, 3.05) is 6.54 Å². The van der Waals surface area contributed by atoms with Crippen molar-refractivity contribution in [2.24, 2.45) is 5.41 Å². The van der Waals surface area contributed by atoms with E-state index in [0.29, 0.717) is 6.54 Å². The number of carbonyl (C=O) groups excluding carboxylic acids is 1. The van der Waals surface area contributed by atoms with Crippen LogP contribution in [0.1, 0.15) is 54.9 Å². The molecule has 0 bridgehead atoms. The topological polar surface area (TPSA) is 29.1 Å². The quantitative estimate of drug-likeness (QED) is 0.717. The van der Waals surface area contributed by atoms with E-state index in [1.54, 1.807) is 6.92 Å². The van der Waals surface area contributed by atoms with Crippen molar-refractivity contribution in [1.82, 2.24) is 5.32 Å². The molecule has 0 aromatic carbocycles. The fraction of sp³-hybridized carbons (Fsp3) is 0.917. The van der Waals surface area contributed by atoms with Gasteiger partial charge in [0.25, 0.3) is 0 Å². The minimum absolute atomic E-state index is 0.0158. The second-order valence-electron chi connectivity index (χ2n) is 5.06. The Balaban J connectivity index is 0. The molecule has 0 atom stereocenters. The van der Waals surface area contributed by atoms with Crippen molar-refractivity contribution in [3.8, 4) is 0 Å². The maximum Gasteiger partial charge on any atom is 0.216 e. The van der Waals surface area contributed by atoms with Crippen molar-refractivity contribution in [1.29, 1.82) is 0 Å². The van der Waals surface area contributed by atoms with Gasteiger partial charge in [0.1, 0.15) is 0 Å². The van der Waals surface area contributed by atoms with Crippen molar-refractivity contribution in [2.45, 2.75) is 59.6 Å². The van der Waals surface area contributed by atoms with E-state index in [0.717, 1.165) is 6.42 Å². The summed E-state index contributed by atoms with van der Waals surface area (Å²) in [7, 11) is 0. The molecule has 2 nitrogen and oxygen atoms in total. The number of thiol groups is 1. The van der Waals surface area contributed by atoms with E-state index >= 15 is 0 Å². The van der Waals surface area contributed by atoms with Crippen LogP contribution in [-0.2, 0) is 4.79 Å². The van der Waals surface area contributed by atoms with E-state index in [1.165, 1.54) is 0 Å². The maximum absolute atomic E-state index is 10.7.